The molecule has 0 N–H and O–H groups in total. The fourth-order valence-electron chi connectivity index (χ4n) is 3.44. The number of pyridine rings is 3. The van der Waals surface area contributed by atoms with Crippen molar-refractivity contribution in [3.8, 4) is 0 Å². The third-order valence-corrected chi connectivity index (χ3v) is 4.98. The van der Waals surface area contributed by atoms with Gasteiger partial charge in [0.2, 0.25) is 5.43 Å². The molecular weight excluding hydrogens is 376 g/mol. The highest BCUT2D eigenvalue weighted by Crippen LogP contribution is 2.17. The van der Waals surface area contributed by atoms with Gasteiger partial charge in [0.15, 0.2) is 5.78 Å². The van der Waals surface area contributed by atoms with Crippen molar-refractivity contribution in [2.45, 2.75) is 13.5 Å². The van der Waals surface area contributed by atoms with Crippen LogP contribution in [0, 0.1) is 6.92 Å². The third kappa shape index (κ3) is 3.72. The standard InChI is InChI=1S/C24H22N4O2/c1-16-7-6-8-18(26-16)14-28-15-20(24(30)19-9-4-5-10-21(19)28)23(29)17-11-12-22(25-13-17)27(2)3/h4-13,15H,14H2,1-3H3. The molecule has 30 heavy (non-hydrogen) atoms. The van der Waals surface area contributed by atoms with E-state index in [0.717, 1.165) is 22.7 Å². The van der Waals surface area contributed by atoms with Crippen LogP contribution in [0.5, 0.6) is 0 Å². The topological polar surface area (TPSA) is 68.1 Å². The molecule has 0 aliphatic heterocycles. The summed E-state index contributed by atoms with van der Waals surface area (Å²) < 4.78 is 1.91. The number of ketones is 1. The first-order valence-corrected chi connectivity index (χ1v) is 9.67. The van der Waals surface area contributed by atoms with Crippen molar-refractivity contribution in [3.63, 3.8) is 0 Å². The van der Waals surface area contributed by atoms with E-state index in [2.05, 4.69) is 9.97 Å². The average molecular weight is 398 g/mol. The van der Waals surface area contributed by atoms with Gasteiger partial charge in [-0.15, -0.1) is 0 Å². The van der Waals surface area contributed by atoms with Crippen molar-refractivity contribution < 1.29 is 4.79 Å². The zero-order chi connectivity index (χ0) is 21.3. The molecule has 0 amide bonds. The van der Waals surface area contributed by atoms with Crippen molar-refractivity contribution in [2.75, 3.05) is 19.0 Å². The summed E-state index contributed by atoms with van der Waals surface area (Å²) in [6, 6.07) is 16.6. The minimum atomic E-state index is -0.338. The molecule has 4 aromatic rings. The molecule has 4 rings (SSSR count). The zero-order valence-corrected chi connectivity index (χ0v) is 17.2. The van der Waals surface area contributed by atoms with Crippen molar-refractivity contribution >= 4 is 22.5 Å². The normalized spacial score (nSPS) is 10.9. The summed E-state index contributed by atoms with van der Waals surface area (Å²) in [4.78, 5) is 37.0. The van der Waals surface area contributed by atoms with Crippen LogP contribution in [0.2, 0.25) is 0 Å². The van der Waals surface area contributed by atoms with Crippen LogP contribution in [-0.4, -0.2) is 34.4 Å². The number of anilines is 1. The number of carbonyl (C=O) groups excluding carboxylic acids is 1. The molecule has 0 saturated carbocycles. The molecule has 0 aliphatic rings. The van der Waals surface area contributed by atoms with Crippen molar-refractivity contribution in [1.29, 1.82) is 0 Å². The van der Waals surface area contributed by atoms with Crippen molar-refractivity contribution in [2.24, 2.45) is 0 Å². The van der Waals surface area contributed by atoms with E-state index in [1.807, 2.05) is 60.8 Å². The van der Waals surface area contributed by atoms with Gasteiger partial charge in [-0.05, 0) is 43.3 Å². The van der Waals surface area contributed by atoms with Gasteiger partial charge in [0.25, 0.3) is 0 Å². The number of aromatic nitrogens is 3. The van der Waals surface area contributed by atoms with Gasteiger partial charge in [-0.2, -0.15) is 0 Å². The first-order chi connectivity index (χ1) is 14.4. The fourth-order valence-corrected chi connectivity index (χ4v) is 3.44. The SMILES string of the molecule is Cc1cccc(Cn2cc(C(=O)c3ccc(N(C)C)nc3)c(=O)c3ccccc32)n1. The smallest absolute Gasteiger partial charge is 0.200 e. The Morgan fingerprint density at radius 2 is 1.83 bits per heavy atom. The molecule has 0 radical (unpaired) electrons. The van der Waals surface area contributed by atoms with E-state index >= 15 is 0 Å². The Balaban J connectivity index is 1.82. The van der Waals surface area contributed by atoms with Crippen molar-refractivity contribution in [3.05, 3.63) is 99.7 Å². The number of para-hydroxylation sites is 1. The highest BCUT2D eigenvalue weighted by Gasteiger charge is 2.18. The lowest BCUT2D eigenvalue weighted by Crippen LogP contribution is -2.20. The van der Waals surface area contributed by atoms with E-state index in [4.69, 9.17) is 0 Å². The van der Waals surface area contributed by atoms with Crippen LogP contribution < -0.4 is 10.3 Å². The average Bonchev–Trinajstić information content (AvgIpc) is 2.75. The van der Waals surface area contributed by atoms with Gasteiger partial charge in [0, 0.05) is 43.1 Å². The van der Waals surface area contributed by atoms with Crippen LogP contribution in [0.1, 0.15) is 27.3 Å². The minimum absolute atomic E-state index is 0.126. The largest absolute Gasteiger partial charge is 0.363 e. The zero-order valence-electron chi connectivity index (χ0n) is 17.2. The predicted octanol–water partition coefficient (Wildman–Crippen LogP) is 3.45. The van der Waals surface area contributed by atoms with Gasteiger partial charge in [-0.3, -0.25) is 14.6 Å². The second-order valence-electron chi connectivity index (χ2n) is 7.42. The maximum Gasteiger partial charge on any atom is 0.200 e. The van der Waals surface area contributed by atoms with Crippen LogP contribution in [0.15, 0.2) is 71.8 Å². The Bertz CT molecular complexity index is 1290. The molecule has 1 aromatic carbocycles. The lowest BCUT2D eigenvalue weighted by Gasteiger charge is -2.14. The van der Waals surface area contributed by atoms with E-state index in [-0.39, 0.29) is 16.8 Å². The number of fused-ring (bicyclic) bond motifs is 1. The molecule has 6 nitrogen and oxygen atoms in total. The van der Waals surface area contributed by atoms with Crippen LogP contribution >= 0.6 is 0 Å². The Kier molecular flexibility index (Phi) is 5.14. The second kappa shape index (κ2) is 7.91. The highest BCUT2D eigenvalue weighted by atomic mass is 16.1. The highest BCUT2D eigenvalue weighted by molar-refractivity contribution is 6.10. The predicted molar refractivity (Wildman–Crippen MR) is 118 cm³/mol. The molecule has 6 heteroatoms. The first-order valence-electron chi connectivity index (χ1n) is 9.67. The third-order valence-electron chi connectivity index (χ3n) is 4.98. The Morgan fingerprint density at radius 1 is 1.03 bits per heavy atom. The number of hydrogen-bond acceptors (Lipinski definition) is 5. The number of rotatable bonds is 5. The lowest BCUT2D eigenvalue weighted by atomic mass is 10.0. The van der Waals surface area contributed by atoms with Gasteiger partial charge in [0.1, 0.15) is 5.82 Å². The molecule has 3 aromatic heterocycles. The molecule has 150 valence electrons. The Morgan fingerprint density at radius 3 is 2.53 bits per heavy atom. The van der Waals surface area contributed by atoms with Crippen LogP contribution in [0.4, 0.5) is 5.82 Å². The summed E-state index contributed by atoms with van der Waals surface area (Å²) in [5.74, 6) is 0.405. The summed E-state index contributed by atoms with van der Waals surface area (Å²) in [7, 11) is 3.76. The number of hydrogen-bond donors (Lipinski definition) is 0. The summed E-state index contributed by atoms with van der Waals surface area (Å²) in [5.41, 5.74) is 2.78. The summed E-state index contributed by atoms with van der Waals surface area (Å²) in [5, 5.41) is 0.508. The Hall–Kier alpha value is -3.80. The molecule has 0 saturated heterocycles. The number of carbonyl (C=O) groups is 1. The maximum absolute atomic E-state index is 13.2. The van der Waals surface area contributed by atoms with E-state index in [1.165, 1.54) is 6.20 Å². The van der Waals surface area contributed by atoms with Gasteiger partial charge in [-0.1, -0.05) is 18.2 Å². The van der Waals surface area contributed by atoms with Crippen LogP contribution in [-0.2, 0) is 6.54 Å². The molecule has 0 atom stereocenters. The van der Waals surface area contributed by atoms with Crippen LogP contribution in [0.3, 0.4) is 0 Å². The van der Waals surface area contributed by atoms with E-state index in [0.29, 0.717) is 17.5 Å². The molecule has 0 fully saturated rings. The molecule has 0 bridgehead atoms. The van der Waals surface area contributed by atoms with E-state index in [1.54, 1.807) is 30.5 Å². The quantitative estimate of drug-likeness (QED) is 0.482. The van der Waals surface area contributed by atoms with Gasteiger partial charge < -0.3 is 9.47 Å². The number of nitrogens with zero attached hydrogens (tertiary/aromatic N) is 4. The number of aryl methyl sites for hydroxylation is 1. The van der Waals surface area contributed by atoms with Gasteiger partial charge >= 0.3 is 0 Å². The molecule has 0 aliphatic carbocycles. The molecule has 3 heterocycles. The second-order valence-corrected chi connectivity index (χ2v) is 7.42. The molecule has 0 unspecified atom stereocenters. The summed E-state index contributed by atoms with van der Waals surface area (Å²) >= 11 is 0. The maximum atomic E-state index is 13.2. The molecule has 0 spiro atoms. The van der Waals surface area contributed by atoms with Crippen molar-refractivity contribution in [1.82, 2.24) is 14.5 Å². The Labute approximate surface area is 174 Å². The van der Waals surface area contributed by atoms with E-state index < -0.39 is 0 Å². The summed E-state index contributed by atoms with van der Waals surface area (Å²) in [6.07, 6.45) is 3.15. The first kappa shape index (κ1) is 19.5. The van der Waals surface area contributed by atoms with Crippen LogP contribution in [0.25, 0.3) is 10.9 Å². The molecular formula is C24H22N4O2. The fraction of sp³-hybridized carbons (Fsp3) is 0.167. The van der Waals surface area contributed by atoms with E-state index in [9.17, 15) is 9.59 Å². The van der Waals surface area contributed by atoms with Gasteiger partial charge in [0.05, 0.1) is 23.3 Å². The minimum Gasteiger partial charge on any atom is -0.363 e. The monoisotopic (exact) mass is 398 g/mol. The van der Waals surface area contributed by atoms with Gasteiger partial charge in [-0.25, -0.2) is 4.98 Å². The summed E-state index contributed by atoms with van der Waals surface area (Å²) in [6.45, 7) is 2.40. The number of benzene rings is 1. The lowest BCUT2D eigenvalue weighted by molar-refractivity contribution is 0.103.